The highest BCUT2D eigenvalue weighted by atomic mass is 79.9. The zero-order valence-corrected chi connectivity index (χ0v) is 15.9. The number of methoxy groups -OCH3 is 1. The number of carbonyl (C=O) groups excluding carboxylic acids is 1. The van der Waals surface area contributed by atoms with Gasteiger partial charge in [-0.25, -0.2) is 4.79 Å². The molecule has 1 aliphatic rings. The first-order chi connectivity index (χ1) is 12.7. The summed E-state index contributed by atoms with van der Waals surface area (Å²) in [6.45, 7) is 0.886. The van der Waals surface area contributed by atoms with Crippen LogP contribution in [0, 0.1) is 0 Å². The van der Waals surface area contributed by atoms with Crippen molar-refractivity contribution < 1.29 is 23.7 Å². The molecule has 0 N–H and O–H groups in total. The van der Waals surface area contributed by atoms with Crippen LogP contribution in [0.1, 0.15) is 5.56 Å². The van der Waals surface area contributed by atoms with Crippen molar-refractivity contribution >= 4 is 27.5 Å². The summed E-state index contributed by atoms with van der Waals surface area (Å²) in [5.74, 6) is -0.450. The highest BCUT2D eigenvalue weighted by Crippen LogP contribution is 2.36. The summed E-state index contributed by atoms with van der Waals surface area (Å²) in [5, 5.41) is 0. The molecule has 1 heterocycles. The summed E-state index contributed by atoms with van der Waals surface area (Å²) in [6.07, 6.45) is -0.804. The number of benzene rings is 2. The summed E-state index contributed by atoms with van der Waals surface area (Å²) >= 11 is 3.31. The van der Waals surface area contributed by atoms with E-state index in [2.05, 4.69) is 28.1 Å². The first kappa shape index (κ1) is 18.8. The predicted octanol–water partition coefficient (Wildman–Crippen LogP) is 3.98. The fourth-order valence-electron chi connectivity index (χ4n) is 2.59. The van der Waals surface area contributed by atoms with Crippen LogP contribution >= 0.6 is 15.9 Å². The van der Waals surface area contributed by atoms with Gasteiger partial charge in [0.25, 0.3) is 0 Å². The summed E-state index contributed by atoms with van der Waals surface area (Å²) in [7, 11) is 1.60. The second-order valence-electron chi connectivity index (χ2n) is 5.59. The van der Waals surface area contributed by atoms with Crippen LogP contribution in [0.2, 0.25) is 0 Å². The molecule has 0 spiro atoms. The molecule has 1 atom stereocenters. The van der Waals surface area contributed by atoms with Gasteiger partial charge in [-0.05, 0) is 32.6 Å². The van der Waals surface area contributed by atoms with Gasteiger partial charge in [-0.2, -0.15) is 0 Å². The molecule has 0 bridgehead atoms. The number of carbonyl (C=O) groups is 1. The fraction of sp³-hybridized carbons (Fsp3) is 0.250. The van der Waals surface area contributed by atoms with Crippen LogP contribution in [-0.2, 0) is 23.7 Å². The lowest BCUT2D eigenvalue weighted by molar-refractivity contribution is -0.177. The summed E-state index contributed by atoms with van der Waals surface area (Å²) in [4.78, 5) is 11.9. The second-order valence-corrected chi connectivity index (χ2v) is 6.39. The third-order valence-corrected chi connectivity index (χ3v) is 4.65. The molecule has 0 aliphatic carbocycles. The molecule has 3 rings (SSSR count). The van der Waals surface area contributed by atoms with E-state index in [4.69, 9.17) is 18.9 Å². The lowest BCUT2D eigenvalue weighted by Crippen LogP contribution is -2.18. The highest BCUT2D eigenvalue weighted by Gasteiger charge is 2.34. The third kappa shape index (κ3) is 4.40. The standard InChI is InChI=1S/C20H19BrO5/c1-23-11-12-24-13-25-20-17(18(21)19(22)26-20)16-9-7-15(8-10-16)14-5-3-2-4-6-14/h2-10,20H,11-13H2,1H3. The smallest absolute Gasteiger partial charge is 0.348 e. The van der Waals surface area contributed by atoms with Gasteiger partial charge in [0, 0.05) is 12.7 Å². The Labute approximate surface area is 160 Å². The third-order valence-electron chi connectivity index (χ3n) is 3.90. The maximum atomic E-state index is 11.9. The van der Waals surface area contributed by atoms with Gasteiger partial charge in [0.1, 0.15) is 4.48 Å². The van der Waals surface area contributed by atoms with Crippen LogP contribution in [0.5, 0.6) is 0 Å². The maximum Gasteiger partial charge on any atom is 0.348 e. The fourth-order valence-corrected chi connectivity index (χ4v) is 3.09. The number of ether oxygens (including phenoxy) is 4. The molecule has 0 aromatic heterocycles. The molecule has 1 unspecified atom stereocenters. The van der Waals surface area contributed by atoms with Crippen molar-refractivity contribution in [3.05, 3.63) is 64.6 Å². The first-order valence-electron chi connectivity index (χ1n) is 8.15. The number of esters is 1. The van der Waals surface area contributed by atoms with Crippen LogP contribution in [0.4, 0.5) is 0 Å². The molecule has 136 valence electrons. The van der Waals surface area contributed by atoms with Gasteiger partial charge >= 0.3 is 5.97 Å². The van der Waals surface area contributed by atoms with Crippen molar-refractivity contribution in [2.24, 2.45) is 0 Å². The Morgan fingerprint density at radius 2 is 1.62 bits per heavy atom. The van der Waals surface area contributed by atoms with Crippen molar-refractivity contribution in [3.63, 3.8) is 0 Å². The number of hydrogen-bond donors (Lipinski definition) is 0. The highest BCUT2D eigenvalue weighted by molar-refractivity contribution is 9.12. The molecule has 26 heavy (non-hydrogen) atoms. The quantitative estimate of drug-likeness (QED) is 0.368. The van der Waals surface area contributed by atoms with E-state index in [1.165, 1.54) is 0 Å². The van der Waals surface area contributed by atoms with Gasteiger partial charge in [-0.15, -0.1) is 0 Å². The average Bonchev–Trinajstić information content (AvgIpc) is 2.96. The Hall–Kier alpha value is -1.99. The topological polar surface area (TPSA) is 54.0 Å². The number of rotatable bonds is 8. The first-order valence-corrected chi connectivity index (χ1v) is 8.95. The Balaban J connectivity index is 1.73. The molecular formula is C20H19BrO5. The van der Waals surface area contributed by atoms with E-state index in [0.717, 1.165) is 16.7 Å². The van der Waals surface area contributed by atoms with Crippen molar-refractivity contribution in [2.75, 3.05) is 27.1 Å². The summed E-state index contributed by atoms with van der Waals surface area (Å²) < 4.78 is 21.4. The molecule has 0 saturated carbocycles. The van der Waals surface area contributed by atoms with Gasteiger partial charge in [0.2, 0.25) is 6.29 Å². The molecule has 0 fully saturated rings. The van der Waals surface area contributed by atoms with E-state index in [0.29, 0.717) is 23.3 Å². The van der Waals surface area contributed by atoms with E-state index >= 15 is 0 Å². The largest absolute Gasteiger partial charge is 0.427 e. The van der Waals surface area contributed by atoms with E-state index in [9.17, 15) is 4.79 Å². The Morgan fingerprint density at radius 3 is 2.31 bits per heavy atom. The minimum atomic E-state index is -0.804. The van der Waals surface area contributed by atoms with E-state index in [1.807, 2.05) is 42.5 Å². The van der Waals surface area contributed by atoms with Crippen LogP contribution in [0.15, 0.2) is 59.1 Å². The van der Waals surface area contributed by atoms with Crippen LogP contribution < -0.4 is 0 Å². The van der Waals surface area contributed by atoms with Crippen molar-refractivity contribution in [3.8, 4) is 11.1 Å². The SMILES string of the molecule is COCCOCOC1OC(=O)C(Br)=C1c1ccc(-c2ccccc2)cc1. The number of cyclic esters (lactones) is 1. The minimum absolute atomic E-state index is 0.00713. The lowest BCUT2D eigenvalue weighted by atomic mass is 10.0. The number of hydrogen-bond acceptors (Lipinski definition) is 5. The van der Waals surface area contributed by atoms with Gasteiger partial charge in [0.15, 0.2) is 6.79 Å². The van der Waals surface area contributed by atoms with Gasteiger partial charge in [0.05, 0.1) is 13.2 Å². The van der Waals surface area contributed by atoms with Gasteiger partial charge in [-0.1, -0.05) is 54.6 Å². The molecular weight excluding hydrogens is 400 g/mol. The summed E-state index contributed by atoms with van der Waals surface area (Å²) in [5.41, 5.74) is 3.73. The van der Waals surface area contributed by atoms with E-state index in [1.54, 1.807) is 7.11 Å². The van der Waals surface area contributed by atoms with Crippen molar-refractivity contribution in [1.82, 2.24) is 0 Å². The Kier molecular flexibility index (Phi) is 6.57. The van der Waals surface area contributed by atoms with Gasteiger partial charge in [-0.3, -0.25) is 0 Å². The monoisotopic (exact) mass is 418 g/mol. The Morgan fingerprint density at radius 1 is 0.962 bits per heavy atom. The lowest BCUT2D eigenvalue weighted by Gasteiger charge is -2.15. The molecule has 5 nitrogen and oxygen atoms in total. The van der Waals surface area contributed by atoms with Crippen LogP contribution in [0.25, 0.3) is 16.7 Å². The molecule has 0 amide bonds. The molecule has 2 aromatic carbocycles. The van der Waals surface area contributed by atoms with Crippen molar-refractivity contribution in [2.45, 2.75) is 6.29 Å². The average molecular weight is 419 g/mol. The maximum absolute atomic E-state index is 11.9. The zero-order valence-electron chi connectivity index (χ0n) is 14.3. The second kappa shape index (κ2) is 9.09. The van der Waals surface area contributed by atoms with E-state index < -0.39 is 12.3 Å². The molecule has 0 saturated heterocycles. The van der Waals surface area contributed by atoms with Gasteiger partial charge < -0.3 is 18.9 Å². The Bertz CT molecular complexity index is 771. The van der Waals surface area contributed by atoms with E-state index in [-0.39, 0.29) is 6.79 Å². The molecule has 2 aromatic rings. The van der Waals surface area contributed by atoms with Crippen molar-refractivity contribution in [1.29, 1.82) is 0 Å². The number of halogens is 1. The predicted molar refractivity (Wildman–Crippen MR) is 101 cm³/mol. The molecule has 6 heteroatoms. The minimum Gasteiger partial charge on any atom is -0.427 e. The summed E-state index contributed by atoms with van der Waals surface area (Å²) in [6, 6.07) is 18.0. The van der Waals surface area contributed by atoms with Crippen LogP contribution in [-0.4, -0.2) is 39.4 Å². The zero-order chi connectivity index (χ0) is 18.4. The molecule has 1 aliphatic heterocycles. The van der Waals surface area contributed by atoms with Crippen LogP contribution in [0.3, 0.4) is 0 Å². The molecule has 0 radical (unpaired) electrons. The normalized spacial score (nSPS) is 16.8.